The zero-order chi connectivity index (χ0) is 16.6. The summed E-state index contributed by atoms with van der Waals surface area (Å²) in [5.41, 5.74) is 6.60. The summed E-state index contributed by atoms with van der Waals surface area (Å²) in [7, 11) is -1.53. The Morgan fingerprint density at radius 2 is 1.70 bits per heavy atom. The average molecular weight is 360 g/mol. The van der Waals surface area contributed by atoms with Crippen LogP contribution < -0.4 is 0 Å². The van der Waals surface area contributed by atoms with E-state index < -0.39 is 8.07 Å². The summed E-state index contributed by atoms with van der Waals surface area (Å²) in [6.45, 7) is 6.60. The molecule has 0 bridgehead atoms. The molecule has 23 heavy (non-hydrogen) atoms. The van der Waals surface area contributed by atoms with Crippen LogP contribution in [0.15, 0.2) is 36.4 Å². The van der Waals surface area contributed by atoms with E-state index in [4.69, 9.17) is 23.2 Å². The van der Waals surface area contributed by atoms with Crippen LogP contribution in [0.5, 0.6) is 0 Å². The summed E-state index contributed by atoms with van der Waals surface area (Å²) in [4.78, 5) is 4.67. The molecule has 3 rings (SSSR count). The molecule has 0 spiro atoms. The summed E-state index contributed by atoms with van der Waals surface area (Å²) < 4.78 is 1.71. The topological polar surface area (TPSA) is 30.2 Å². The highest BCUT2D eigenvalue weighted by Gasteiger charge is 2.15. The minimum absolute atomic E-state index is 0.411. The van der Waals surface area contributed by atoms with Gasteiger partial charge in [0.15, 0.2) is 5.65 Å². The first-order chi connectivity index (χ1) is 10.8. The van der Waals surface area contributed by atoms with E-state index in [0.717, 1.165) is 22.6 Å². The second-order valence-electron chi connectivity index (χ2n) is 6.24. The Morgan fingerprint density at radius 3 is 2.35 bits per heavy atom. The van der Waals surface area contributed by atoms with Crippen molar-refractivity contribution in [3.8, 4) is 22.7 Å². The average Bonchev–Trinajstić information content (AvgIpc) is 2.83. The molecule has 0 atom stereocenters. The van der Waals surface area contributed by atoms with E-state index in [9.17, 15) is 0 Å². The zero-order valence-corrected chi connectivity index (χ0v) is 15.6. The highest BCUT2D eigenvalue weighted by atomic mass is 35.5. The van der Waals surface area contributed by atoms with Gasteiger partial charge in [0.25, 0.3) is 0 Å². The van der Waals surface area contributed by atoms with E-state index in [1.807, 2.05) is 30.3 Å². The second kappa shape index (κ2) is 6.01. The van der Waals surface area contributed by atoms with Gasteiger partial charge in [0.1, 0.15) is 24.6 Å². The van der Waals surface area contributed by atoms with Crippen LogP contribution in [0.25, 0.3) is 16.9 Å². The highest BCUT2D eigenvalue weighted by Crippen LogP contribution is 2.25. The van der Waals surface area contributed by atoms with Gasteiger partial charge in [0, 0.05) is 10.6 Å². The standard InChI is InChI=1S/C17H15Cl2N3Si/c1-23(2,3)11-10-14-17(12-4-6-13(18)7-5-12)20-16-9-8-15(19)21-22(14)16/h4-9H,1-3H3. The maximum atomic E-state index is 6.04. The molecule has 1 aromatic carbocycles. The molecule has 6 heteroatoms. The molecule has 0 unspecified atom stereocenters. The summed E-state index contributed by atoms with van der Waals surface area (Å²) in [6.07, 6.45) is 0. The molecule has 3 nitrogen and oxygen atoms in total. The van der Waals surface area contributed by atoms with Gasteiger partial charge in [-0.2, -0.15) is 5.10 Å². The number of rotatable bonds is 1. The second-order valence-corrected chi connectivity index (χ2v) is 11.8. The van der Waals surface area contributed by atoms with Crippen LogP contribution >= 0.6 is 23.2 Å². The van der Waals surface area contributed by atoms with Crippen molar-refractivity contribution in [3.05, 3.63) is 52.3 Å². The Kier molecular flexibility index (Phi) is 4.20. The molecule has 0 amide bonds. The van der Waals surface area contributed by atoms with Crippen LogP contribution in [0.1, 0.15) is 5.69 Å². The monoisotopic (exact) mass is 359 g/mol. The molecular weight excluding hydrogens is 345 g/mol. The number of fused-ring (bicyclic) bond motifs is 1. The summed E-state index contributed by atoms with van der Waals surface area (Å²) >= 11 is 12.0. The number of hydrogen-bond acceptors (Lipinski definition) is 2. The Balaban J connectivity index is 2.27. The largest absolute Gasteiger partial charge is 0.226 e. The predicted molar refractivity (Wildman–Crippen MR) is 98.7 cm³/mol. The lowest BCUT2D eigenvalue weighted by Gasteiger charge is -2.04. The first kappa shape index (κ1) is 16.1. The number of benzene rings is 1. The van der Waals surface area contributed by atoms with Gasteiger partial charge in [-0.1, -0.05) is 60.9 Å². The SMILES string of the molecule is C[Si](C)(C)C#Cc1c(-c2ccc(Cl)cc2)nc2ccc(Cl)nn12. The lowest BCUT2D eigenvalue weighted by molar-refractivity contribution is 0.924. The smallest absolute Gasteiger partial charge is 0.155 e. The van der Waals surface area contributed by atoms with Crippen molar-refractivity contribution in [3.63, 3.8) is 0 Å². The predicted octanol–water partition coefficient (Wildman–Crippen LogP) is 4.93. The van der Waals surface area contributed by atoms with Crippen LogP contribution in [-0.2, 0) is 0 Å². The third kappa shape index (κ3) is 3.58. The minimum Gasteiger partial charge on any atom is -0.226 e. The molecule has 0 radical (unpaired) electrons. The highest BCUT2D eigenvalue weighted by molar-refractivity contribution is 6.83. The number of nitrogens with zero attached hydrogens (tertiary/aromatic N) is 3. The van der Waals surface area contributed by atoms with Crippen LogP contribution in [-0.4, -0.2) is 22.7 Å². The quantitative estimate of drug-likeness (QED) is 0.455. The molecule has 116 valence electrons. The van der Waals surface area contributed by atoms with Gasteiger partial charge in [0.05, 0.1) is 0 Å². The fourth-order valence-electron chi connectivity index (χ4n) is 2.08. The normalized spacial score (nSPS) is 11.3. The van der Waals surface area contributed by atoms with Crippen molar-refractivity contribution >= 4 is 36.9 Å². The van der Waals surface area contributed by atoms with Gasteiger partial charge < -0.3 is 0 Å². The van der Waals surface area contributed by atoms with E-state index in [-0.39, 0.29) is 0 Å². The third-order valence-electron chi connectivity index (χ3n) is 3.12. The molecule has 3 aromatic rings. The van der Waals surface area contributed by atoms with Crippen molar-refractivity contribution in [1.82, 2.24) is 14.6 Å². The Bertz CT molecular complexity index is 929. The molecule has 0 N–H and O–H groups in total. The Labute approximate surface area is 146 Å². The molecule has 2 aromatic heterocycles. The summed E-state index contributed by atoms with van der Waals surface area (Å²) in [6, 6.07) is 11.1. The van der Waals surface area contributed by atoms with Gasteiger partial charge >= 0.3 is 0 Å². The lowest BCUT2D eigenvalue weighted by atomic mass is 10.1. The van der Waals surface area contributed by atoms with E-state index in [2.05, 4.69) is 41.2 Å². The van der Waals surface area contributed by atoms with Gasteiger partial charge in [-0.05, 0) is 24.3 Å². The van der Waals surface area contributed by atoms with Crippen molar-refractivity contribution in [2.24, 2.45) is 0 Å². The van der Waals surface area contributed by atoms with Crippen molar-refractivity contribution < 1.29 is 0 Å². The van der Waals surface area contributed by atoms with Crippen molar-refractivity contribution in [2.45, 2.75) is 19.6 Å². The summed E-state index contributed by atoms with van der Waals surface area (Å²) in [5.74, 6) is 3.27. The van der Waals surface area contributed by atoms with Crippen molar-refractivity contribution in [2.75, 3.05) is 0 Å². The number of halogens is 2. The molecular formula is C17H15Cl2N3Si. The van der Waals surface area contributed by atoms with E-state index >= 15 is 0 Å². The lowest BCUT2D eigenvalue weighted by Crippen LogP contribution is -2.16. The molecule has 0 aliphatic heterocycles. The van der Waals surface area contributed by atoms with E-state index in [1.54, 1.807) is 10.6 Å². The van der Waals surface area contributed by atoms with Gasteiger partial charge in [-0.25, -0.2) is 9.50 Å². The van der Waals surface area contributed by atoms with Crippen LogP contribution in [0.4, 0.5) is 0 Å². The summed E-state index contributed by atoms with van der Waals surface area (Å²) in [5, 5.41) is 5.45. The molecule has 0 saturated carbocycles. The third-order valence-corrected chi connectivity index (χ3v) is 4.45. The Hall–Kier alpha value is -1.80. The molecule has 0 fully saturated rings. The fourth-order valence-corrected chi connectivity index (χ4v) is 2.84. The number of hydrogen-bond donors (Lipinski definition) is 0. The maximum absolute atomic E-state index is 6.04. The Morgan fingerprint density at radius 1 is 1.00 bits per heavy atom. The first-order valence-corrected chi connectivity index (χ1v) is 11.4. The maximum Gasteiger partial charge on any atom is 0.155 e. The number of aromatic nitrogens is 3. The number of imidazole rings is 1. The molecule has 0 saturated heterocycles. The van der Waals surface area contributed by atoms with Crippen LogP contribution in [0.3, 0.4) is 0 Å². The molecule has 2 heterocycles. The van der Waals surface area contributed by atoms with Crippen LogP contribution in [0.2, 0.25) is 29.8 Å². The van der Waals surface area contributed by atoms with Crippen molar-refractivity contribution in [1.29, 1.82) is 0 Å². The van der Waals surface area contributed by atoms with Gasteiger partial charge in [-0.15, -0.1) is 5.54 Å². The first-order valence-electron chi connectivity index (χ1n) is 7.18. The minimum atomic E-state index is -1.53. The fraction of sp³-hybridized carbons (Fsp3) is 0.176. The van der Waals surface area contributed by atoms with Gasteiger partial charge in [0.2, 0.25) is 0 Å². The van der Waals surface area contributed by atoms with E-state index in [1.165, 1.54) is 0 Å². The zero-order valence-electron chi connectivity index (χ0n) is 13.1. The molecule has 0 aliphatic carbocycles. The van der Waals surface area contributed by atoms with E-state index in [0.29, 0.717) is 10.2 Å². The van der Waals surface area contributed by atoms with Crippen LogP contribution in [0, 0.1) is 11.5 Å². The van der Waals surface area contributed by atoms with Gasteiger partial charge in [-0.3, -0.25) is 0 Å². The molecule has 0 aliphatic rings.